The maximum Gasteiger partial charge on any atom is 0.314 e. The number of amides is 1. The first-order valence-electron chi connectivity index (χ1n) is 10.4. The van der Waals surface area contributed by atoms with Crippen LogP contribution in [0.2, 0.25) is 0 Å². The number of pyridine rings is 1. The van der Waals surface area contributed by atoms with Gasteiger partial charge in [0.2, 0.25) is 0 Å². The summed E-state index contributed by atoms with van der Waals surface area (Å²) in [6.07, 6.45) is 2.46. The number of halogens is 1. The Kier molecular flexibility index (Phi) is 6.87. The first-order valence-corrected chi connectivity index (χ1v) is 10.4. The summed E-state index contributed by atoms with van der Waals surface area (Å²) < 4.78 is 19.4. The molecule has 1 saturated heterocycles. The Morgan fingerprint density at radius 1 is 1.15 bits per heavy atom. The second-order valence-electron chi connectivity index (χ2n) is 7.64. The van der Waals surface area contributed by atoms with Gasteiger partial charge in [-0.25, -0.2) is 14.4 Å². The average Bonchev–Trinajstić information content (AvgIpc) is 2.84. The Hall–Kier alpha value is -4.19. The summed E-state index contributed by atoms with van der Waals surface area (Å²) in [5, 5.41) is 20.4. The third-order valence-electron chi connectivity index (χ3n) is 4.94. The maximum atomic E-state index is 14.1. The summed E-state index contributed by atoms with van der Waals surface area (Å²) in [5.41, 5.74) is 2.16. The number of nitrogens with one attached hydrogen (secondary N) is 1. The van der Waals surface area contributed by atoms with Gasteiger partial charge in [-0.1, -0.05) is 0 Å². The highest BCUT2D eigenvalue weighted by molar-refractivity contribution is 5.93. The minimum Gasteiger partial charge on any atom is -0.508 e. The van der Waals surface area contributed by atoms with E-state index in [0.29, 0.717) is 37.7 Å². The number of nitrogens with zero attached hydrogens (tertiary/aromatic N) is 7. The molecule has 0 aliphatic carbocycles. The molecule has 4 rings (SSSR count). The maximum absolute atomic E-state index is 14.1. The monoisotopic (exact) mass is 466 g/mol. The normalized spacial score (nSPS) is 13.8. The van der Waals surface area contributed by atoms with Crippen molar-refractivity contribution in [2.75, 3.05) is 55.5 Å². The molecule has 0 radical (unpaired) electrons. The zero-order chi connectivity index (χ0) is 24.1. The topological polar surface area (TPSA) is 128 Å². The van der Waals surface area contributed by atoms with E-state index < -0.39 is 11.7 Å². The van der Waals surface area contributed by atoms with E-state index in [-0.39, 0.29) is 23.2 Å². The Bertz CT molecular complexity index is 1200. The molecule has 3 aromatic rings. The van der Waals surface area contributed by atoms with E-state index in [9.17, 15) is 14.3 Å². The highest BCUT2D eigenvalue weighted by Gasteiger charge is 2.18. The highest BCUT2D eigenvalue weighted by atomic mass is 19.1. The molecule has 1 aromatic carbocycles. The van der Waals surface area contributed by atoms with Crippen LogP contribution in [-0.2, 0) is 4.74 Å². The Balaban J connectivity index is 1.43. The standard InChI is InChI=1S/C22H23FN8O3/c1-30(2)16-9-15(10-17(32)11-16)26-14-3-4-19(24-12-14)21(33)28-29-22-25-13-18(23)20(27-22)31-5-7-34-8-6-31/h3-4,9-13,26,32H,5-8H2,1-2H3. The number of phenols is 1. The molecule has 2 N–H and O–H groups in total. The van der Waals surface area contributed by atoms with Gasteiger partial charge in [-0.15, -0.1) is 10.2 Å². The van der Waals surface area contributed by atoms with Crippen LogP contribution in [0.5, 0.6) is 5.75 Å². The first kappa shape index (κ1) is 23.0. The van der Waals surface area contributed by atoms with E-state index in [4.69, 9.17) is 4.74 Å². The van der Waals surface area contributed by atoms with Gasteiger partial charge in [-0.05, 0) is 18.2 Å². The Morgan fingerprint density at radius 3 is 2.65 bits per heavy atom. The molecular weight excluding hydrogens is 443 g/mol. The fraction of sp³-hybridized carbons (Fsp3) is 0.273. The lowest BCUT2D eigenvalue weighted by Crippen LogP contribution is -2.37. The number of ether oxygens (including phenoxy) is 1. The molecular formula is C22H23FN8O3. The minimum absolute atomic E-state index is 0.0645. The van der Waals surface area contributed by atoms with Gasteiger partial charge in [-0.3, -0.25) is 4.79 Å². The van der Waals surface area contributed by atoms with Gasteiger partial charge < -0.3 is 25.0 Å². The lowest BCUT2D eigenvalue weighted by atomic mass is 10.2. The molecule has 0 spiro atoms. The van der Waals surface area contributed by atoms with Crippen molar-refractivity contribution in [2.24, 2.45) is 10.2 Å². The minimum atomic E-state index is -0.695. The van der Waals surface area contributed by atoms with Crippen molar-refractivity contribution >= 4 is 34.7 Å². The highest BCUT2D eigenvalue weighted by Crippen LogP contribution is 2.27. The molecule has 34 heavy (non-hydrogen) atoms. The predicted molar refractivity (Wildman–Crippen MR) is 124 cm³/mol. The van der Waals surface area contributed by atoms with Crippen molar-refractivity contribution in [3.63, 3.8) is 0 Å². The van der Waals surface area contributed by atoms with Crippen LogP contribution in [-0.4, -0.2) is 66.4 Å². The van der Waals surface area contributed by atoms with Crippen molar-refractivity contribution < 1.29 is 19.0 Å². The molecule has 11 nitrogen and oxygen atoms in total. The largest absolute Gasteiger partial charge is 0.508 e. The number of morpholine rings is 1. The summed E-state index contributed by atoms with van der Waals surface area (Å²) in [6, 6.07) is 8.23. The third-order valence-corrected chi connectivity index (χ3v) is 4.94. The van der Waals surface area contributed by atoms with Crippen LogP contribution in [0.25, 0.3) is 0 Å². The van der Waals surface area contributed by atoms with Crippen molar-refractivity contribution in [2.45, 2.75) is 0 Å². The van der Waals surface area contributed by atoms with Crippen LogP contribution < -0.4 is 15.1 Å². The average molecular weight is 466 g/mol. The summed E-state index contributed by atoms with van der Waals surface area (Å²) in [7, 11) is 3.74. The Morgan fingerprint density at radius 2 is 1.94 bits per heavy atom. The smallest absolute Gasteiger partial charge is 0.314 e. The summed E-state index contributed by atoms with van der Waals surface area (Å²) in [4.78, 5) is 27.9. The number of hydrogen-bond acceptors (Lipinski definition) is 10. The van der Waals surface area contributed by atoms with Gasteiger partial charge >= 0.3 is 5.91 Å². The lowest BCUT2D eigenvalue weighted by molar-refractivity contribution is 0.0990. The number of carbonyl (C=O) groups is 1. The number of rotatable bonds is 6. The van der Waals surface area contributed by atoms with Gasteiger partial charge in [0.15, 0.2) is 11.6 Å². The molecule has 176 valence electrons. The molecule has 3 heterocycles. The second-order valence-corrected chi connectivity index (χ2v) is 7.64. The number of aromatic hydroxyl groups is 1. The zero-order valence-corrected chi connectivity index (χ0v) is 18.6. The number of anilines is 4. The van der Waals surface area contributed by atoms with Gasteiger partial charge in [0, 0.05) is 50.7 Å². The van der Waals surface area contributed by atoms with E-state index >= 15 is 0 Å². The van der Waals surface area contributed by atoms with Crippen molar-refractivity contribution in [1.82, 2.24) is 15.0 Å². The van der Waals surface area contributed by atoms with E-state index in [1.165, 1.54) is 12.3 Å². The summed E-state index contributed by atoms with van der Waals surface area (Å²) in [5.74, 6) is -1.19. The molecule has 1 aliphatic rings. The Labute approximate surface area is 195 Å². The van der Waals surface area contributed by atoms with Crippen molar-refractivity contribution in [3.8, 4) is 5.75 Å². The molecule has 1 aliphatic heterocycles. The van der Waals surface area contributed by atoms with Crippen LogP contribution in [0.1, 0.15) is 10.5 Å². The molecule has 0 unspecified atom stereocenters. The number of azo groups is 1. The van der Waals surface area contributed by atoms with Crippen LogP contribution in [0.15, 0.2) is 53.0 Å². The summed E-state index contributed by atoms with van der Waals surface area (Å²) in [6.45, 7) is 1.93. The molecule has 12 heteroatoms. The quantitative estimate of drug-likeness (QED) is 0.526. The predicted octanol–water partition coefficient (Wildman–Crippen LogP) is 3.29. The van der Waals surface area contributed by atoms with Gasteiger partial charge in [0.25, 0.3) is 5.95 Å². The van der Waals surface area contributed by atoms with E-state index in [0.717, 1.165) is 11.9 Å². The molecule has 0 bridgehead atoms. The van der Waals surface area contributed by atoms with Crippen LogP contribution >= 0.6 is 0 Å². The fourth-order valence-electron chi connectivity index (χ4n) is 3.22. The van der Waals surface area contributed by atoms with Crippen LogP contribution in [0.4, 0.5) is 33.2 Å². The fourth-order valence-corrected chi connectivity index (χ4v) is 3.22. The number of benzene rings is 1. The number of phenolic OH excluding ortho intramolecular Hbond substituents is 1. The van der Waals surface area contributed by atoms with Gasteiger partial charge in [0.1, 0.15) is 11.4 Å². The van der Waals surface area contributed by atoms with Crippen LogP contribution in [0, 0.1) is 5.82 Å². The third kappa shape index (κ3) is 5.59. The van der Waals surface area contributed by atoms with Crippen molar-refractivity contribution in [1.29, 1.82) is 0 Å². The van der Waals surface area contributed by atoms with Crippen molar-refractivity contribution in [3.05, 3.63) is 54.2 Å². The number of aromatic nitrogens is 3. The lowest BCUT2D eigenvalue weighted by Gasteiger charge is -2.27. The first-order chi connectivity index (χ1) is 16.4. The van der Waals surface area contributed by atoms with E-state index in [1.54, 1.807) is 23.1 Å². The number of carbonyl (C=O) groups excluding carboxylic acids is 1. The van der Waals surface area contributed by atoms with E-state index in [1.807, 2.05) is 25.1 Å². The van der Waals surface area contributed by atoms with Crippen LogP contribution in [0.3, 0.4) is 0 Å². The second kappa shape index (κ2) is 10.2. The SMILES string of the molecule is CN(C)c1cc(O)cc(Nc2ccc(C(=O)N=Nc3ncc(F)c(N4CCOCC4)n3)nc2)c1. The van der Waals surface area contributed by atoms with Gasteiger partial charge in [0.05, 0.1) is 31.3 Å². The van der Waals surface area contributed by atoms with Gasteiger partial charge in [-0.2, -0.15) is 4.98 Å². The molecule has 1 fully saturated rings. The number of hydrogen-bond donors (Lipinski definition) is 2. The summed E-state index contributed by atoms with van der Waals surface area (Å²) >= 11 is 0. The molecule has 0 atom stereocenters. The van der Waals surface area contributed by atoms with E-state index in [2.05, 4.69) is 30.5 Å². The zero-order valence-electron chi connectivity index (χ0n) is 18.6. The molecule has 2 aromatic heterocycles. The molecule has 0 saturated carbocycles. The molecule has 1 amide bonds.